The van der Waals surface area contributed by atoms with Gasteiger partial charge in [0.2, 0.25) is 0 Å². The lowest BCUT2D eigenvalue weighted by molar-refractivity contribution is -0.697. The summed E-state index contributed by atoms with van der Waals surface area (Å²) in [5, 5.41) is 8.00. The van der Waals surface area contributed by atoms with Gasteiger partial charge in [-0.05, 0) is 40.0 Å². The van der Waals surface area contributed by atoms with Gasteiger partial charge in [-0.15, -0.1) is 34.9 Å². The van der Waals surface area contributed by atoms with Gasteiger partial charge in [-0.3, -0.25) is 19.1 Å². The maximum atomic E-state index is 14.6. The number of aromatic nitrogens is 2. The Morgan fingerprint density at radius 3 is 2.04 bits per heavy atom. The highest BCUT2D eigenvalue weighted by molar-refractivity contribution is 8.01. The van der Waals surface area contributed by atoms with Crippen LogP contribution in [0.3, 0.4) is 0 Å². The van der Waals surface area contributed by atoms with E-state index in [0.29, 0.717) is 28.0 Å². The number of fused-ring (bicyclic) bond motifs is 1. The van der Waals surface area contributed by atoms with E-state index in [1.807, 2.05) is 103 Å². The van der Waals surface area contributed by atoms with Crippen LogP contribution < -0.4 is 43.9 Å². The smallest absolute Gasteiger partial charge is 0.355 e. The molecule has 0 spiro atoms. The van der Waals surface area contributed by atoms with Gasteiger partial charge in [-0.2, -0.15) is 0 Å². The first-order valence-electron chi connectivity index (χ1n) is 21.4. The van der Waals surface area contributed by atoms with Crippen LogP contribution in [0.5, 0.6) is 5.75 Å². The maximum absolute atomic E-state index is 14.6. The number of alkyl halides is 1. The first kappa shape index (κ1) is 51.5. The Labute approximate surface area is 429 Å². The molecule has 358 valence electrons. The molecular weight excluding hydrogens is 1070 g/mol. The third-order valence-electron chi connectivity index (χ3n) is 11.4. The molecule has 69 heavy (non-hydrogen) atoms. The molecule has 2 aromatic heterocycles. The molecule has 2 N–H and O–H groups in total. The number of thioether (sulfide) groups is 2. The second kappa shape index (κ2) is 23.5. The predicted molar refractivity (Wildman–Crippen MR) is 263 cm³/mol. The van der Waals surface area contributed by atoms with Gasteiger partial charge in [0.05, 0.1) is 18.4 Å². The van der Waals surface area contributed by atoms with Gasteiger partial charge < -0.3 is 53.1 Å². The third kappa shape index (κ3) is 11.5. The number of carbonyl (C=O) groups is 3. The molecule has 2 aliphatic rings. The standard InChI is InChI=1S/C50H47FN5O8PS3.HI/c1-61-39-21-19-34(20-22-39)29-64-48(59)44-35(31-66-40-23-26-55(27-24-40)28-25-51)32-67-47-43(46(58)56(44)47)53-45(57)41(30-65(60,62-2)63-3)42-33-68-49(52-42)54-50(36-13-7-4-8-14-36,37-15-9-5-10-16-37)38-17-11-6-12-18-38;/h4-24,26-27,30,33,43,47H,25,28-29,31-32H2,1-3H3,(H-,52,53,54,57);1H/b41-30-;/t43-,47-;/m1./s1. The minimum Gasteiger partial charge on any atom is -1.00 e. The zero-order chi connectivity index (χ0) is 47.7. The Morgan fingerprint density at radius 2 is 1.49 bits per heavy atom. The van der Waals surface area contributed by atoms with E-state index >= 15 is 0 Å². The number of carbonyl (C=O) groups excluding carboxylic acids is 3. The van der Waals surface area contributed by atoms with Crippen molar-refractivity contribution in [3.63, 3.8) is 0 Å². The molecule has 0 saturated carbocycles. The largest absolute Gasteiger partial charge is 1.00 e. The Bertz CT molecular complexity index is 2740. The molecular formula is C50H48FIN5O8PS3. The number of halogens is 2. The van der Waals surface area contributed by atoms with E-state index in [9.17, 15) is 23.3 Å². The molecule has 0 aliphatic carbocycles. The van der Waals surface area contributed by atoms with Crippen LogP contribution in [0.4, 0.5) is 9.52 Å². The number of esters is 1. The van der Waals surface area contributed by atoms with Crippen LogP contribution in [-0.4, -0.2) is 78.6 Å². The summed E-state index contributed by atoms with van der Waals surface area (Å²) in [7, 11) is -0.00997. The van der Waals surface area contributed by atoms with Crippen LogP contribution >= 0.6 is 42.5 Å². The lowest BCUT2D eigenvalue weighted by Crippen LogP contribution is -3.00. The molecule has 2 atom stereocenters. The number of amides is 2. The van der Waals surface area contributed by atoms with E-state index in [2.05, 4.69) is 10.6 Å². The summed E-state index contributed by atoms with van der Waals surface area (Å²) < 4.78 is 50.0. The fourth-order valence-electron chi connectivity index (χ4n) is 7.87. The van der Waals surface area contributed by atoms with Crippen molar-refractivity contribution in [3.8, 4) is 5.75 Å². The minimum absolute atomic E-state index is 0. The Balaban J connectivity index is 0.00000703. The second-order valence-corrected chi connectivity index (χ2v) is 20.5. The number of hydrogen-bond acceptors (Lipinski definition) is 13. The van der Waals surface area contributed by atoms with E-state index in [4.69, 9.17) is 23.5 Å². The van der Waals surface area contributed by atoms with Crippen LogP contribution in [0.1, 0.15) is 27.9 Å². The summed E-state index contributed by atoms with van der Waals surface area (Å²) in [5.74, 6) is 0.507. The number of methoxy groups -OCH3 is 1. The highest BCUT2D eigenvalue weighted by Gasteiger charge is 2.54. The average molecular weight is 1120 g/mol. The number of anilines is 1. The maximum Gasteiger partial charge on any atom is 0.355 e. The predicted octanol–water partition coefficient (Wildman–Crippen LogP) is 5.83. The number of rotatable bonds is 20. The SMILES string of the molecule is COc1ccc(COC(=O)C2=C(CSc3cc[n+](CCF)cc3)CS[C@@H]3[C@H](NC(=O)/C(=C\P(=O)(OC)OC)c4csc(NC(c5ccccc5)(c5ccccc5)c5ccccc5)n4)C(=O)N23)cc1.[I-]. The number of pyridine rings is 1. The Kier molecular flexibility index (Phi) is 17.6. The number of nitrogens with one attached hydrogen (secondary N) is 2. The number of ether oxygens (including phenoxy) is 2. The number of hydrogen-bond donors (Lipinski definition) is 2. The van der Waals surface area contributed by atoms with Crippen LogP contribution in [0.15, 0.2) is 167 Å². The minimum atomic E-state index is -3.99. The van der Waals surface area contributed by atoms with Gasteiger partial charge in [-0.1, -0.05) is 103 Å². The fraction of sp³-hybridized carbons (Fsp3) is 0.220. The third-order valence-corrected chi connectivity index (χ3v) is 16.2. The number of benzene rings is 4. The normalized spacial score (nSPS) is 15.9. The topological polar surface area (TPSA) is 149 Å². The molecule has 0 radical (unpaired) electrons. The van der Waals surface area contributed by atoms with Crippen molar-refractivity contribution in [2.24, 2.45) is 0 Å². The van der Waals surface area contributed by atoms with E-state index in [1.165, 1.54) is 54.0 Å². The molecule has 8 rings (SSSR count). The highest BCUT2D eigenvalue weighted by Crippen LogP contribution is 2.51. The molecule has 0 bridgehead atoms. The van der Waals surface area contributed by atoms with Crippen LogP contribution in [-0.2, 0) is 51.4 Å². The first-order chi connectivity index (χ1) is 33.1. The van der Waals surface area contributed by atoms with Gasteiger partial charge in [0.25, 0.3) is 11.8 Å². The summed E-state index contributed by atoms with van der Waals surface area (Å²) in [6.45, 7) is -0.303. The molecule has 4 aromatic carbocycles. The van der Waals surface area contributed by atoms with E-state index in [1.54, 1.807) is 53.7 Å². The molecule has 19 heteroatoms. The van der Waals surface area contributed by atoms with Crippen molar-refractivity contribution in [2.75, 3.05) is 44.8 Å². The molecule has 6 aromatic rings. The van der Waals surface area contributed by atoms with Gasteiger partial charge >= 0.3 is 13.6 Å². The van der Waals surface area contributed by atoms with Crippen molar-refractivity contribution in [3.05, 3.63) is 190 Å². The molecule has 13 nitrogen and oxygen atoms in total. The van der Waals surface area contributed by atoms with Crippen molar-refractivity contribution < 1.29 is 70.4 Å². The number of thiazole rings is 1. The molecule has 1 fully saturated rings. The van der Waals surface area contributed by atoms with E-state index in [0.717, 1.165) is 33.0 Å². The number of β-lactam (4-membered cyclic amide) rings is 1. The summed E-state index contributed by atoms with van der Waals surface area (Å²) in [4.78, 5) is 50.1. The summed E-state index contributed by atoms with van der Waals surface area (Å²) in [5.41, 5.74) is 3.41. The summed E-state index contributed by atoms with van der Waals surface area (Å²) in [6.07, 6.45) is 3.57. The monoisotopic (exact) mass is 1120 g/mol. The summed E-state index contributed by atoms with van der Waals surface area (Å²) >= 11 is 4.11. The average Bonchev–Trinajstić information content (AvgIpc) is 3.86. The summed E-state index contributed by atoms with van der Waals surface area (Å²) in [6, 6.07) is 39.6. The van der Waals surface area contributed by atoms with Crippen LogP contribution in [0, 0.1) is 0 Å². The van der Waals surface area contributed by atoms with Crippen molar-refractivity contribution in [1.29, 1.82) is 0 Å². The van der Waals surface area contributed by atoms with Gasteiger partial charge in [0.15, 0.2) is 24.1 Å². The zero-order valence-corrected chi connectivity index (χ0v) is 43.2. The molecule has 1 saturated heterocycles. The van der Waals surface area contributed by atoms with Crippen molar-refractivity contribution in [1.82, 2.24) is 15.2 Å². The van der Waals surface area contributed by atoms with Crippen LogP contribution in [0.2, 0.25) is 0 Å². The van der Waals surface area contributed by atoms with Crippen molar-refractivity contribution in [2.45, 2.75) is 35.0 Å². The number of nitrogens with zero attached hydrogens (tertiary/aromatic N) is 3. The molecule has 2 aliphatic heterocycles. The number of aryl methyl sites for hydroxylation is 1. The fourth-order valence-corrected chi connectivity index (χ4v) is 11.9. The quantitative estimate of drug-likeness (QED) is 0.0139. The zero-order valence-electron chi connectivity index (χ0n) is 37.7. The van der Waals surface area contributed by atoms with E-state index in [-0.39, 0.29) is 54.1 Å². The molecule has 0 unspecified atom stereocenters. The second-order valence-electron chi connectivity index (χ2n) is 15.4. The lowest BCUT2D eigenvalue weighted by atomic mass is 9.77. The highest BCUT2D eigenvalue weighted by atomic mass is 127. The van der Waals surface area contributed by atoms with Gasteiger partial charge in [0, 0.05) is 54.0 Å². The molecule has 2 amide bonds. The van der Waals surface area contributed by atoms with Gasteiger partial charge in [0.1, 0.15) is 41.7 Å². The van der Waals surface area contributed by atoms with Gasteiger partial charge in [-0.25, -0.2) is 18.7 Å². The molecule has 4 heterocycles. The van der Waals surface area contributed by atoms with E-state index < -0.39 is 49.0 Å². The lowest BCUT2D eigenvalue weighted by Gasteiger charge is -2.49. The van der Waals surface area contributed by atoms with Crippen molar-refractivity contribution >= 4 is 70.9 Å². The van der Waals surface area contributed by atoms with Crippen LogP contribution in [0.25, 0.3) is 5.57 Å². The Morgan fingerprint density at radius 1 is 0.899 bits per heavy atom. The first-order valence-corrected chi connectivity index (χ1v) is 25.9. The Hall–Kier alpha value is -5.34.